The first kappa shape index (κ1) is 17.9. The molecule has 0 saturated heterocycles. The van der Waals surface area contributed by atoms with E-state index < -0.39 is 6.04 Å². The molecule has 0 bridgehead atoms. The van der Waals surface area contributed by atoms with Gasteiger partial charge in [-0.2, -0.15) is 0 Å². The van der Waals surface area contributed by atoms with Crippen LogP contribution in [0.2, 0.25) is 10.0 Å². The molecule has 0 aromatic heterocycles. The van der Waals surface area contributed by atoms with Gasteiger partial charge < -0.3 is 5.11 Å². The summed E-state index contributed by atoms with van der Waals surface area (Å²) in [7, 11) is 0. The average molecular weight is 378 g/mol. The predicted molar refractivity (Wildman–Crippen MR) is 99.7 cm³/mol. The number of nitrogens with zero attached hydrogens (tertiary/aromatic N) is 1. The van der Waals surface area contributed by atoms with Crippen LogP contribution in [0.15, 0.2) is 54.1 Å². The van der Waals surface area contributed by atoms with Crippen LogP contribution in [-0.4, -0.2) is 22.7 Å². The van der Waals surface area contributed by atoms with E-state index in [-0.39, 0.29) is 23.9 Å². The minimum atomic E-state index is -0.826. The molecule has 2 aromatic carbocycles. The molecule has 130 valence electrons. The smallest absolute Gasteiger partial charge is 0.224 e. The number of allylic oxidation sites excluding steroid dienone is 1. The Bertz CT molecular complexity index is 821. The van der Waals surface area contributed by atoms with E-state index in [2.05, 4.69) is 0 Å². The Morgan fingerprint density at radius 2 is 1.84 bits per heavy atom. The minimum absolute atomic E-state index is 0.185. The second-order valence-electron chi connectivity index (χ2n) is 6.14. The van der Waals surface area contributed by atoms with Gasteiger partial charge in [0.05, 0.1) is 12.5 Å². The number of aliphatic hydroxyl groups is 1. The molecule has 25 heavy (non-hydrogen) atoms. The Labute approximate surface area is 155 Å². The molecule has 0 spiro atoms. The van der Waals surface area contributed by atoms with Gasteiger partial charge in [-0.1, -0.05) is 59.6 Å². The lowest BCUT2D eigenvalue weighted by molar-refractivity contribution is -0.526. The molecule has 3 rings (SSSR count). The molecule has 0 unspecified atom stereocenters. The normalized spacial score (nSPS) is 20.6. The van der Waals surface area contributed by atoms with E-state index >= 15 is 0 Å². The number of aliphatic hydroxyl groups excluding tert-OH is 1. The van der Waals surface area contributed by atoms with Crippen LogP contribution < -0.4 is 0 Å². The lowest BCUT2D eigenvalue weighted by atomic mass is 9.75. The summed E-state index contributed by atoms with van der Waals surface area (Å²) in [4.78, 5) is 11.4. The van der Waals surface area contributed by atoms with Crippen LogP contribution in [0.25, 0.3) is 5.57 Å². The number of halogens is 2. The van der Waals surface area contributed by atoms with Gasteiger partial charge in [-0.3, -0.25) is 10.1 Å². The molecule has 0 heterocycles. The average Bonchev–Trinajstić information content (AvgIpc) is 2.61. The lowest BCUT2D eigenvalue weighted by Gasteiger charge is -2.30. The molecule has 1 aliphatic carbocycles. The molecule has 6 heteroatoms. The van der Waals surface area contributed by atoms with Crippen molar-refractivity contribution < 1.29 is 10.0 Å². The maximum absolute atomic E-state index is 11.7. The van der Waals surface area contributed by atoms with Crippen LogP contribution in [0.5, 0.6) is 0 Å². The molecule has 2 atom stereocenters. The van der Waals surface area contributed by atoms with E-state index in [1.54, 1.807) is 18.2 Å². The van der Waals surface area contributed by atoms with E-state index in [1.165, 1.54) is 0 Å². The van der Waals surface area contributed by atoms with Crippen molar-refractivity contribution in [2.75, 3.05) is 6.61 Å². The van der Waals surface area contributed by atoms with E-state index in [4.69, 9.17) is 23.2 Å². The van der Waals surface area contributed by atoms with Gasteiger partial charge in [0.25, 0.3) is 0 Å². The van der Waals surface area contributed by atoms with Gasteiger partial charge >= 0.3 is 0 Å². The molecule has 1 N–H and O–H groups in total. The fraction of sp³-hybridized carbons (Fsp3) is 0.263. The zero-order valence-electron chi connectivity index (χ0n) is 13.4. The molecule has 1 aliphatic rings. The number of benzene rings is 2. The van der Waals surface area contributed by atoms with Gasteiger partial charge in [-0.25, -0.2) is 0 Å². The first-order chi connectivity index (χ1) is 12.0. The van der Waals surface area contributed by atoms with Gasteiger partial charge in [0.2, 0.25) is 6.04 Å². The zero-order valence-corrected chi connectivity index (χ0v) is 14.9. The highest BCUT2D eigenvalue weighted by atomic mass is 35.5. The molecule has 2 aromatic rings. The number of rotatable bonds is 4. The number of nitro groups is 1. The summed E-state index contributed by atoms with van der Waals surface area (Å²) in [5.41, 5.74) is 3.37. The molecule has 0 saturated carbocycles. The maximum Gasteiger partial charge on any atom is 0.224 e. The SMILES string of the molecule is O=[N+]([O-])[C@H]1CC(CO)=C(c2ccccc2)C[C@@H]1c1ccc(Cl)cc1Cl. The summed E-state index contributed by atoms with van der Waals surface area (Å²) in [6.45, 7) is -0.185. The molecule has 4 nitrogen and oxygen atoms in total. The monoisotopic (exact) mass is 377 g/mol. The first-order valence-corrected chi connectivity index (χ1v) is 8.72. The van der Waals surface area contributed by atoms with Crippen LogP contribution in [0.3, 0.4) is 0 Å². The second-order valence-corrected chi connectivity index (χ2v) is 6.98. The maximum atomic E-state index is 11.7. The van der Waals surface area contributed by atoms with Crippen LogP contribution >= 0.6 is 23.2 Å². The lowest BCUT2D eigenvalue weighted by Crippen LogP contribution is -2.32. The fourth-order valence-corrected chi connectivity index (χ4v) is 4.03. The minimum Gasteiger partial charge on any atom is -0.392 e. The highest BCUT2D eigenvalue weighted by molar-refractivity contribution is 6.35. The summed E-state index contributed by atoms with van der Waals surface area (Å²) in [6.07, 6.45) is 0.657. The van der Waals surface area contributed by atoms with Crippen LogP contribution in [0.4, 0.5) is 0 Å². The Morgan fingerprint density at radius 1 is 1.12 bits per heavy atom. The van der Waals surface area contributed by atoms with Gasteiger partial charge in [0.1, 0.15) is 0 Å². The molecular formula is C19H17Cl2NO3. The van der Waals surface area contributed by atoms with Crippen molar-refractivity contribution in [1.82, 2.24) is 0 Å². The van der Waals surface area contributed by atoms with Gasteiger partial charge in [-0.05, 0) is 40.8 Å². The zero-order chi connectivity index (χ0) is 18.0. The Kier molecular flexibility index (Phi) is 5.42. The Hall–Kier alpha value is -1.88. The van der Waals surface area contributed by atoms with Crippen LogP contribution in [-0.2, 0) is 0 Å². The van der Waals surface area contributed by atoms with E-state index in [0.29, 0.717) is 22.0 Å². The van der Waals surface area contributed by atoms with Gasteiger partial charge in [-0.15, -0.1) is 0 Å². The fourth-order valence-electron chi connectivity index (χ4n) is 3.48. The van der Waals surface area contributed by atoms with E-state index in [9.17, 15) is 15.2 Å². The number of hydrogen-bond acceptors (Lipinski definition) is 3. The molecular weight excluding hydrogens is 361 g/mol. The van der Waals surface area contributed by atoms with Crippen LogP contribution in [0, 0.1) is 10.1 Å². The topological polar surface area (TPSA) is 63.4 Å². The molecule has 0 fully saturated rings. The predicted octanol–water partition coefficient (Wildman–Crippen LogP) is 4.96. The number of hydrogen-bond donors (Lipinski definition) is 1. The summed E-state index contributed by atoms with van der Waals surface area (Å²) < 4.78 is 0. The third-order valence-electron chi connectivity index (χ3n) is 4.72. The highest BCUT2D eigenvalue weighted by Crippen LogP contribution is 2.44. The highest BCUT2D eigenvalue weighted by Gasteiger charge is 2.39. The summed E-state index contributed by atoms with van der Waals surface area (Å²) in [5.74, 6) is -0.370. The summed E-state index contributed by atoms with van der Waals surface area (Å²) in [5, 5.41) is 22.3. The van der Waals surface area contributed by atoms with Crippen molar-refractivity contribution in [1.29, 1.82) is 0 Å². The van der Waals surface area contributed by atoms with Crippen molar-refractivity contribution in [2.24, 2.45) is 0 Å². The first-order valence-electron chi connectivity index (χ1n) is 7.97. The van der Waals surface area contributed by atoms with Crippen molar-refractivity contribution in [3.8, 4) is 0 Å². The quantitative estimate of drug-likeness (QED) is 0.604. The van der Waals surface area contributed by atoms with Crippen molar-refractivity contribution >= 4 is 28.8 Å². The summed E-state index contributed by atoms with van der Waals surface area (Å²) in [6, 6.07) is 13.9. The van der Waals surface area contributed by atoms with Crippen LogP contribution in [0.1, 0.15) is 29.9 Å². The second kappa shape index (κ2) is 7.56. The Morgan fingerprint density at radius 3 is 2.44 bits per heavy atom. The largest absolute Gasteiger partial charge is 0.392 e. The standard InChI is InChI=1S/C19H17Cl2NO3/c20-14-6-7-15(18(21)9-14)17-10-16(12-4-2-1-3-5-12)13(11-23)8-19(17)22(24)25/h1-7,9,17,19,23H,8,10-11H2/t17-,19+/m1/s1. The van der Waals surface area contributed by atoms with Gasteiger partial charge in [0.15, 0.2) is 0 Å². The Balaban J connectivity index is 2.08. The van der Waals surface area contributed by atoms with Gasteiger partial charge in [0, 0.05) is 21.4 Å². The third-order valence-corrected chi connectivity index (χ3v) is 5.28. The van der Waals surface area contributed by atoms with Crippen molar-refractivity contribution in [3.05, 3.63) is 85.4 Å². The third kappa shape index (κ3) is 3.71. The van der Waals surface area contributed by atoms with E-state index in [0.717, 1.165) is 16.7 Å². The van der Waals surface area contributed by atoms with Crippen molar-refractivity contribution in [3.63, 3.8) is 0 Å². The molecule has 0 radical (unpaired) electrons. The van der Waals surface area contributed by atoms with Crippen molar-refractivity contribution in [2.45, 2.75) is 24.8 Å². The molecule has 0 amide bonds. The molecule has 0 aliphatic heterocycles. The van der Waals surface area contributed by atoms with E-state index in [1.807, 2.05) is 30.3 Å². The summed E-state index contributed by atoms with van der Waals surface area (Å²) >= 11 is 12.3.